The molecule has 1 aromatic carbocycles. The zero-order chi connectivity index (χ0) is 14.0. The molecule has 0 saturated heterocycles. The molecular formula is C13H16BrN3OS. The zero-order valence-corrected chi connectivity index (χ0v) is 13.2. The molecule has 0 radical (unpaired) electrons. The molecule has 1 heterocycles. The summed E-state index contributed by atoms with van der Waals surface area (Å²) >= 11 is 3.39. The van der Waals surface area contributed by atoms with Gasteiger partial charge in [-0.05, 0) is 41.1 Å². The van der Waals surface area contributed by atoms with Crippen LogP contribution in [0.5, 0.6) is 0 Å². The summed E-state index contributed by atoms with van der Waals surface area (Å²) in [5.41, 5.74) is 8.40. The van der Waals surface area contributed by atoms with Gasteiger partial charge in [-0.3, -0.25) is 9.19 Å². The normalized spacial score (nSPS) is 14.3. The fraction of sp³-hybridized carbons (Fsp3) is 0.308. The second kappa shape index (κ2) is 5.88. The van der Waals surface area contributed by atoms with E-state index in [0.717, 1.165) is 21.1 Å². The van der Waals surface area contributed by atoms with Crippen molar-refractivity contribution in [3.8, 4) is 0 Å². The first-order valence-corrected chi connectivity index (χ1v) is 8.30. The van der Waals surface area contributed by atoms with Crippen molar-refractivity contribution < 1.29 is 4.21 Å². The molecule has 0 saturated carbocycles. The maximum Gasteiger partial charge on any atom is 0.0954 e. The predicted molar refractivity (Wildman–Crippen MR) is 85.9 cm³/mol. The van der Waals surface area contributed by atoms with Crippen LogP contribution in [0.1, 0.15) is 6.92 Å². The number of halogens is 1. The molecule has 102 valence electrons. The molecule has 19 heavy (non-hydrogen) atoms. The van der Waals surface area contributed by atoms with Crippen LogP contribution in [-0.2, 0) is 10.8 Å². The van der Waals surface area contributed by atoms with E-state index in [1.807, 2.05) is 25.1 Å². The van der Waals surface area contributed by atoms with Crippen LogP contribution < -0.4 is 11.1 Å². The van der Waals surface area contributed by atoms with Gasteiger partial charge in [0.15, 0.2) is 0 Å². The Morgan fingerprint density at radius 2 is 2.26 bits per heavy atom. The third-order valence-corrected chi connectivity index (χ3v) is 4.73. The molecule has 0 amide bonds. The standard InChI is InChI=1S/C13H16BrN3OS/c1-8(19(2)18)6-16-12-4-3-11(15)10-5-9(14)7-17-13(10)12/h3-5,7-8,16H,6,15H2,1-2H3. The Hall–Kier alpha value is -1.14. The fourth-order valence-corrected chi connectivity index (χ4v) is 2.38. The highest BCUT2D eigenvalue weighted by Crippen LogP contribution is 2.28. The molecule has 0 fully saturated rings. The number of rotatable bonds is 4. The van der Waals surface area contributed by atoms with E-state index < -0.39 is 10.8 Å². The summed E-state index contributed by atoms with van der Waals surface area (Å²) in [5, 5.41) is 4.28. The van der Waals surface area contributed by atoms with Crippen molar-refractivity contribution in [1.82, 2.24) is 4.98 Å². The van der Waals surface area contributed by atoms with Crippen LogP contribution in [0.4, 0.5) is 11.4 Å². The monoisotopic (exact) mass is 341 g/mol. The third-order valence-electron chi connectivity index (χ3n) is 3.00. The first kappa shape index (κ1) is 14.3. The van der Waals surface area contributed by atoms with E-state index in [2.05, 4.69) is 26.2 Å². The number of fused-ring (bicyclic) bond motifs is 1. The van der Waals surface area contributed by atoms with Crippen LogP contribution in [0.3, 0.4) is 0 Å². The lowest BCUT2D eigenvalue weighted by Gasteiger charge is -2.13. The average molecular weight is 342 g/mol. The maximum atomic E-state index is 11.4. The van der Waals surface area contributed by atoms with Gasteiger partial charge in [-0.25, -0.2) is 0 Å². The lowest BCUT2D eigenvalue weighted by atomic mass is 10.1. The minimum absolute atomic E-state index is 0.0862. The first-order chi connectivity index (χ1) is 8.99. The molecule has 0 bridgehead atoms. The van der Waals surface area contributed by atoms with Crippen LogP contribution in [0.2, 0.25) is 0 Å². The molecule has 2 unspecified atom stereocenters. The van der Waals surface area contributed by atoms with Gasteiger partial charge in [0.25, 0.3) is 0 Å². The predicted octanol–water partition coefficient (Wildman–Crippen LogP) is 2.76. The Morgan fingerprint density at radius 1 is 1.53 bits per heavy atom. The Morgan fingerprint density at radius 3 is 2.95 bits per heavy atom. The fourth-order valence-electron chi connectivity index (χ4n) is 1.73. The van der Waals surface area contributed by atoms with Gasteiger partial charge >= 0.3 is 0 Å². The number of nitrogens with zero attached hydrogens (tertiary/aromatic N) is 1. The van der Waals surface area contributed by atoms with E-state index in [0.29, 0.717) is 12.2 Å². The smallest absolute Gasteiger partial charge is 0.0954 e. The maximum absolute atomic E-state index is 11.4. The number of nitrogen functional groups attached to an aromatic ring is 1. The highest BCUT2D eigenvalue weighted by Gasteiger charge is 2.09. The van der Waals surface area contributed by atoms with Crippen molar-refractivity contribution in [1.29, 1.82) is 0 Å². The SMILES string of the molecule is CC(CNc1ccc(N)c2cc(Br)cnc12)S(C)=O. The van der Waals surface area contributed by atoms with E-state index in [1.165, 1.54) is 0 Å². The molecule has 0 aliphatic rings. The van der Waals surface area contributed by atoms with Crippen LogP contribution in [0.25, 0.3) is 10.9 Å². The lowest BCUT2D eigenvalue weighted by Crippen LogP contribution is -2.20. The van der Waals surface area contributed by atoms with Crippen molar-refractivity contribution in [2.75, 3.05) is 23.9 Å². The minimum Gasteiger partial charge on any atom is -0.398 e. The van der Waals surface area contributed by atoms with E-state index >= 15 is 0 Å². The number of nitrogens with one attached hydrogen (secondary N) is 1. The van der Waals surface area contributed by atoms with Gasteiger partial charge in [0.2, 0.25) is 0 Å². The molecule has 6 heteroatoms. The van der Waals surface area contributed by atoms with Crippen LogP contribution in [0, 0.1) is 0 Å². The van der Waals surface area contributed by atoms with Crippen LogP contribution in [-0.4, -0.2) is 27.2 Å². The number of benzene rings is 1. The highest BCUT2D eigenvalue weighted by atomic mass is 79.9. The lowest BCUT2D eigenvalue weighted by molar-refractivity contribution is 0.679. The zero-order valence-electron chi connectivity index (χ0n) is 10.8. The molecule has 2 rings (SSSR count). The van der Waals surface area contributed by atoms with Crippen molar-refractivity contribution >= 4 is 49.0 Å². The average Bonchev–Trinajstić information content (AvgIpc) is 2.38. The van der Waals surface area contributed by atoms with Gasteiger partial charge < -0.3 is 11.1 Å². The second-order valence-electron chi connectivity index (χ2n) is 4.44. The number of nitrogens with two attached hydrogens (primary N) is 1. The number of hydrogen-bond donors (Lipinski definition) is 2. The summed E-state index contributed by atoms with van der Waals surface area (Å²) in [4.78, 5) is 4.40. The van der Waals surface area contributed by atoms with Crippen molar-refractivity contribution in [3.05, 3.63) is 28.9 Å². The van der Waals surface area contributed by atoms with Crippen molar-refractivity contribution in [3.63, 3.8) is 0 Å². The topological polar surface area (TPSA) is 68.0 Å². The summed E-state index contributed by atoms with van der Waals surface area (Å²) in [7, 11) is -0.841. The third kappa shape index (κ3) is 3.25. The Balaban J connectivity index is 2.34. The Kier molecular flexibility index (Phi) is 4.42. The van der Waals surface area contributed by atoms with E-state index in [1.54, 1.807) is 12.5 Å². The molecule has 0 spiro atoms. The van der Waals surface area contributed by atoms with E-state index in [4.69, 9.17) is 5.73 Å². The van der Waals surface area contributed by atoms with Gasteiger partial charge in [-0.2, -0.15) is 0 Å². The van der Waals surface area contributed by atoms with Gasteiger partial charge in [0, 0.05) is 50.6 Å². The quantitative estimate of drug-likeness (QED) is 0.839. The molecule has 1 aromatic heterocycles. The number of pyridine rings is 1. The summed E-state index contributed by atoms with van der Waals surface area (Å²) in [6.45, 7) is 2.59. The highest BCUT2D eigenvalue weighted by molar-refractivity contribution is 9.10. The summed E-state index contributed by atoms with van der Waals surface area (Å²) in [6, 6.07) is 5.71. The second-order valence-corrected chi connectivity index (χ2v) is 7.16. The largest absolute Gasteiger partial charge is 0.398 e. The summed E-state index contributed by atoms with van der Waals surface area (Å²) in [6.07, 6.45) is 3.46. The molecule has 2 atom stereocenters. The summed E-state index contributed by atoms with van der Waals surface area (Å²) < 4.78 is 12.3. The molecule has 0 aliphatic heterocycles. The number of aromatic nitrogens is 1. The van der Waals surface area contributed by atoms with Gasteiger partial charge in [0.05, 0.1) is 11.2 Å². The van der Waals surface area contributed by atoms with Gasteiger partial charge in [-0.1, -0.05) is 0 Å². The van der Waals surface area contributed by atoms with E-state index in [-0.39, 0.29) is 5.25 Å². The van der Waals surface area contributed by atoms with Crippen molar-refractivity contribution in [2.24, 2.45) is 0 Å². The molecule has 0 aliphatic carbocycles. The van der Waals surface area contributed by atoms with Crippen molar-refractivity contribution in [2.45, 2.75) is 12.2 Å². The van der Waals surface area contributed by atoms with Gasteiger partial charge in [0.1, 0.15) is 0 Å². The number of anilines is 2. The Labute approximate surface area is 123 Å². The first-order valence-electron chi connectivity index (χ1n) is 5.89. The summed E-state index contributed by atoms with van der Waals surface area (Å²) in [5.74, 6) is 0. The van der Waals surface area contributed by atoms with E-state index in [9.17, 15) is 4.21 Å². The van der Waals surface area contributed by atoms with Gasteiger partial charge in [-0.15, -0.1) is 0 Å². The Bertz CT molecular complexity index is 633. The molecule has 3 N–H and O–H groups in total. The molecule has 2 aromatic rings. The molecular weight excluding hydrogens is 326 g/mol. The van der Waals surface area contributed by atoms with Crippen LogP contribution >= 0.6 is 15.9 Å². The molecule has 4 nitrogen and oxygen atoms in total. The van der Waals surface area contributed by atoms with Crippen LogP contribution in [0.15, 0.2) is 28.9 Å². The number of hydrogen-bond acceptors (Lipinski definition) is 4. The minimum atomic E-state index is -0.841.